The molecule has 0 unspecified atom stereocenters. The van der Waals surface area contributed by atoms with Crippen molar-refractivity contribution >= 4 is 32.6 Å². The van der Waals surface area contributed by atoms with E-state index in [-0.39, 0.29) is 0 Å². The minimum Gasteiger partial charge on any atom is -0.463 e. The summed E-state index contributed by atoms with van der Waals surface area (Å²) in [4.78, 5) is 4.65. The lowest BCUT2D eigenvalue weighted by atomic mass is 9.94. The van der Waals surface area contributed by atoms with Crippen LogP contribution in [0, 0.1) is 0 Å². The van der Waals surface area contributed by atoms with E-state index < -0.39 is 5.60 Å². The lowest BCUT2D eigenvalue weighted by Gasteiger charge is -2.27. The van der Waals surface area contributed by atoms with Gasteiger partial charge in [0.2, 0.25) is 5.90 Å². The van der Waals surface area contributed by atoms with Crippen molar-refractivity contribution < 1.29 is 4.74 Å². The predicted molar refractivity (Wildman–Crippen MR) is 98.4 cm³/mol. The fourth-order valence-corrected chi connectivity index (χ4v) is 3.57. The van der Waals surface area contributed by atoms with Gasteiger partial charge in [0, 0.05) is 10.9 Å². The second-order valence-corrected chi connectivity index (χ2v) is 6.34. The second-order valence-electron chi connectivity index (χ2n) is 5.78. The van der Waals surface area contributed by atoms with Crippen LogP contribution in [0.4, 0.5) is 0 Å². The molecule has 0 saturated carbocycles. The molecule has 3 heteroatoms. The van der Waals surface area contributed by atoms with Crippen molar-refractivity contribution in [2.75, 3.05) is 11.9 Å². The SMILES string of the molecule is BrC[C@@]1(c2ccc3ccccc3c2)CN=C(c2ccccc2)O1. The molecule has 114 valence electrons. The van der Waals surface area contributed by atoms with Crippen LogP contribution in [0.15, 0.2) is 77.8 Å². The van der Waals surface area contributed by atoms with Gasteiger partial charge in [-0.25, -0.2) is 4.99 Å². The van der Waals surface area contributed by atoms with Gasteiger partial charge < -0.3 is 4.74 Å². The van der Waals surface area contributed by atoms with Crippen LogP contribution in [0.1, 0.15) is 11.1 Å². The Hall–Kier alpha value is -2.13. The number of rotatable bonds is 3. The highest BCUT2D eigenvalue weighted by Crippen LogP contribution is 2.35. The zero-order chi connectivity index (χ0) is 15.7. The first-order chi connectivity index (χ1) is 11.3. The average molecular weight is 366 g/mol. The highest BCUT2D eigenvalue weighted by molar-refractivity contribution is 9.09. The van der Waals surface area contributed by atoms with Crippen molar-refractivity contribution in [2.24, 2.45) is 4.99 Å². The molecule has 0 radical (unpaired) electrons. The lowest BCUT2D eigenvalue weighted by Crippen LogP contribution is -2.32. The summed E-state index contributed by atoms with van der Waals surface area (Å²) in [5.41, 5.74) is 1.74. The normalized spacial score (nSPS) is 20.3. The molecule has 2 nitrogen and oxygen atoms in total. The molecule has 1 heterocycles. The number of ether oxygens (including phenoxy) is 1. The van der Waals surface area contributed by atoms with Gasteiger partial charge in [-0.15, -0.1) is 0 Å². The van der Waals surface area contributed by atoms with Crippen LogP contribution in [0.25, 0.3) is 10.8 Å². The first-order valence-electron chi connectivity index (χ1n) is 7.65. The van der Waals surface area contributed by atoms with E-state index in [1.807, 2.05) is 30.3 Å². The highest BCUT2D eigenvalue weighted by Gasteiger charge is 2.39. The summed E-state index contributed by atoms with van der Waals surface area (Å²) in [6.07, 6.45) is 0. The van der Waals surface area contributed by atoms with Gasteiger partial charge in [0.05, 0.1) is 6.54 Å². The van der Waals surface area contributed by atoms with Crippen LogP contribution >= 0.6 is 15.9 Å². The molecule has 0 amide bonds. The number of hydrogen-bond donors (Lipinski definition) is 0. The quantitative estimate of drug-likeness (QED) is 0.604. The second kappa shape index (κ2) is 5.82. The van der Waals surface area contributed by atoms with Crippen LogP contribution in [0.3, 0.4) is 0 Å². The number of benzene rings is 3. The molecule has 0 aliphatic carbocycles. The van der Waals surface area contributed by atoms with E-state index >= 15 is 0 Å². The summed E-state index contributed by atoms with van der Waals surface area (Å²) in [5.74, 6) is 0.721. The Bertz CT molecular complexity index is 875. The first-order valence-corrected chi connectivity index (χ1v) is 8.77. The van der Waals surface area contributed by atoms with E-state index in [0.29, 0.717) is 11.9 Å². The number of hydrogen-bond acceptors (Lipinski definition) is 2. The summed E-state index contributed by atoms with van der Waals surface area (Å²) >= 11 is 3.64. The molecule has 0 saturated heterocycles. The minimum atomic E-state index is -0.435. The molecule has 1 aliphatic heterocycles. The van der Waals surface area contributed by atoms with Crippen LogP contribution in [0.5, 0.6) is 0 Å². The molecular formula is C20H16BrNO. The Labute approximate surface area is 144 Å². The van der Waals surface area contributed by atoms with Gasteiger partial charge in [-0.3, -0.25) is 0 Å². The standard InChI is InChI=1S/C20H16BrNO/c21-13-20(14-22-19(23-20)16-7-2-1-3-8-16)18-11-10-15-6-4-5-9-17(15)12-18/h1-12H,13-14H2/t20-/m0/s1. The molecule has 0 N–H and O–H groups in total. The monoisotopic (exact) mass is 365 g/mol. The lowest BCUT2D eigenvalue weighted by molar-refractivity contribution is 0.115. The third-order valence-corrected chi connectivity index (χ3v) is 5.19. The molecule has 23 heavy (non-hydrogen) atoms. The molecule has 3 aromatic rings. The van der Waals surface area contributed by atoms with E-state index in [4.69, 9.17) is 4.74 Å². The van der Waals surface area contributed by atoms with Crippen molar-refractivity contribution in [3.8, 4) is 0 Å². The Morgan fingerprint density at radius 1 is 0.913 bits per heavy atom. The van der Waals surface area contributed by atoms with Crippen molar-refractivity contribution in [3.63, 3.8) is 0 Å². The zero-order valence-corrected chi connectivity index (χ0v) is 14.2. The largest absolute Gasteiger partial charge is 0.463 e. The maximum Gasteiger partial charge on any atom is 0.217 e. The summed E-state index contributed by atoms with van der Waals surface area (Å²) in [6.45, 7) is 0.626. The van der Waals surface area contributed by atoms with Gasteiger partial charge >= 0.3 is 0 Å². The summed E-state index contributed by atoms with van der Waals surface area (Å²) in [7, 11) is 0. The van der Waals surface area contributed by atoms with Gasteiger partial charge in [0.15, 0.2) is 5.60 Å². The van der Waals surface area contributed by atoms with E-state index in [1.54, 1.807) is 0 Å². The van der Waals surface area contributed by atoms with E-state index in [9.17, 15) is 0 Å². The zero-order valence-electron chi connectivity index (χ0n) is 12.6. The van der Waals surface area contributed by atoms with E-state index in [0.717, 1.165) is 17.0 Å². The first kappa shape index (κ1) is 14.5. The molecule has 0 bridgehead atoms. The number of aliphatic imine (C=N–C) groups is 1. The fraction of sp³-hybridized carbons (Fsp3) is 0.150. The number of alkyl halides is 1. The molecule has 3 aromatic carbocycles. The Morgan fingerprint density at radius 2 is 1.65 bits per heavy atom. The number of nitrogens with zero attached hydrogens (tertiary/aromatic N) is 1. The molecule has 0 spiro atoms. The molecular weight excluding hydrogens is 350 g/mol. The molecule has 0 aromatic heterocycles. The highest BCUT2D eigenvalue weighted by atomic mass is 79.9. The van der Waals surface area contributed by atoms with Crippen LogP contribution in [-0.4, -0.2) is 17.8 Å². The average Bonchev–Trinajstić information content (AvgIpc) is 3.08. The molecule has 1 aliphatic rings. The molecule has 4 rings (SSSR count). The van der Waals surface area contributed by atoms with Crippen LogP contribution in [0.2, 0.25) is 0 Å². The van der Waals surface area contributed by atoms with Gasteiger partial charge in [0.1, 0.15) is 0 Å². The summed E-state index contributed by atoms with van der Waals surface area (Å²) in [5, 5.41) is 3.17. The van der Waals surface area contributed by atoms with Gasteiger partial charge in [-0.2, -0.15) is 0 Å². The number of halogens is 1. The van der Waals surface area contributed by atoms with Crippen molar-refractivity contribution in [1.29, 1.82) is 0 Å². The van der Waals surface area contributed by atoms with Crippen molar-refractivity contribution in [1.82, 2.24) is 0 Å². The van der Waals surface area contributed by atoms with E-state index in [2.05, 4.69) is 63.4 Å². The third kappa shape index (κ3) is 2.55. The van der Waals surface area contributed by atoms with Crippen LogP contribution < -0.4 is 0 Å². The van der Waals surface area contributed by atoms with Crippen molar-refractivity contribution in [3.05, 3.63) is 83.9 Å². The minimum absolute atomic E-state index is 0.435. The van der Waals surface area contributed by atoms with Crippen molar-refractivity contribution in [2.45, 2.75) is 5.60 Å². The van der Waals surface area contributed by atoms with Gasteiger partial charge in [0.25, 0.3) is 0 Å². The fourth-order valence-electron chi connectivity index (χ4n) is 2.95. The summed E-state index contributed by atoms with van der Waals surface area (Å²) in [6, 6.07) is 25.0. The molecule has 0 fully saturated rings. The summed E-state index contributed by atoms with van der Waals surface area (Å²) < 4.78 is 6.32. The Morgan fingerprint density at radius 3 is 2.43 bits per heavy atom. The third-order valence-electron chi connectivity index (χ3n) is 4.28. The molecule has 1 atom stereocenters. The maximum atomic E-state index is 6.32. The van der Waals surface area contributed by atoms with Crippen LogP contribution in [-0.2, 0) is 10.3 Å². The predicted octanol–water partition coefficient (Wildman–Crippen LogP) is 4.91. The Balaban J connectivity index is 1.71. The topological polar surface area (TPSA) is 21.6 Å². The van der Waals surface area contributed by atoms with Gasteiger partial charge in [-0.1, -0.05) is 70.5 Å². The number of fused-ring (bicyclic) bond motifs is 1. The van der Waals surface area contributed by atoms with E-state index in [1.165, 1.54) is 10.8 Å². The maximum absolute atomic E-state index is 6.32. The van der Waals surface area contributed by atoms with Gasteiger partial charge in [-0.05, 0) is 34.5 Å². The Kier molecular flexibility index (Phi) is 3.66. The smallest absolute Gasteiger partial charge is 0.217 e.